The van der Waals surface area contributed by atoms with E-state index < -0.39 is 27.4 Å². The van der Waals surface area contributed by atoms with Crippen LogP contribution in [0.25, 0.3) is 0 Å². The van der Waals surface area contributed by atoms with Crippen LogP contribution < -0.4 is 69.6 Å². The van der Waals surface area contributed by atoms with E-state index in [1.165, 1.54) is 25.1 Å². The van der Waals surface area contributed by atoms with Crippen LogP contribution in [0.2, 0.25) is 0 Å². The van der Waals surface area contributed by atoms with E-state index in [0.29, 0.717) is 17.1 Å². The zero-order chi connectivity index (χ0) is 22.6. The van der Waals surface area contributed by atoms with Gasteiger partial charge in [-0.25, -0.2) is 8.42 Å². The Morgan fingerprint density at radius 2 is 1.42 bits per heavy atom. The van der Waals surface area contributed by atoms with Crippen molar-refractivity contribution in [3.8, 4) is 0 Å². The molecule has 0 radical (unpaired) electrons. The Balaban J connectivity index is 0.00000272. The summed E-state index contributed by atoms with van der Waals surface area (Å²) in [6, 6.07) is 11.6. The van der Waals surface area contributed by atoms with Crippen molar-refractivity contribution in [2.75, 3.05) is 5.43 Å². The monoisotopic (exact) mass is 484 g/mol. The largest absolute Gasteiger partial charge is 1.00 e. The Labute approximate surface area is 233 Å². The molecule has 2 aromatic rings. The number of carboxylic acids is 1. The summed E-state index contributed by atoms with van der Waals surface area (Å²) in [7, 11) is -4.51. The normalized spacial score (nSPS) is 14.7. The van der Waals surface area contributed by atoms with Gasteiger partial charge in [0.05, 0.1) is 33.6 Å². The van der Waals surface area contributed by atoms with Gasteiger partial charge < -0.3 is 14.5 Å². The third-order valence-electron chi connectivity index (χ3n) is 4.07. The number of ketones is 1. The molecule has 0 unspecified atom stereocenters. The minimum absolute atomic E-state index is 0. The molecule has 158 valence electrons. The summed E-state index contributed by atoms with van der Waals surface area (Å²) in [5.41, 5.74) is 4.21. The average Bonchev–Trinajstić information content (AvgIpc) is 2.73. The van der Waals surface area contributed by atoms with Gasteiger partial charge in [-0.2, -0.15) is 15.3 Å². The standard InChI is InChI=1S/C20H16N4O6S.2Na/c1-12-10-16(11-18(19(12)25)20(26)27)24-23-14-4-2-13(3-5-14)21-22-15-6-8-17(9-7-15)31(28,29)30;;/h2-11,23H,1H3,(H,26,27)(H,28,29,30);;/q;2*+1/p-2/b22-21?,24-16-;;. The van der Waals surface area contributed by atoms with Crippen molar-refractivity contribution in [2.45, 2.75) is 11.8 Å². The van der Waals surface area contributed by atoms with Crippen molar-refractivity contribution >= 4 is 44.6 Å². The van der Waals surface area contributed by atoms with Crippen molar-refractivity contribution in [2.24, 2.45) is 15.3 Å². The Hall–Kier alpha value is -1.96. The fraction of sp³-hybridized carbons (Fsp3) is 0.0500. The number of anilines is 1. The number of carbonyl (C=O) groups excluding carboxylic acids is 2. The Morgan fingerprint density at radius 1 is 0.909 bits per heavy atom. The summed E-state index contributed by atoms with van der Waals surface area (Å²) in [5.74, 6) is -2.18. The number of rotatable bonds is 6. The van der Waals surface area contributed by atoms with E-state index in [-0.39, 0.29) is 75.3 Å². The first-order valence-electron chi connectivity index (χ1n) is 8.71. The Kier molecular flexibility index (Phi) is 11.0. The van der Waals surface area contributed by atoms with Crippen molar-refractivity contribution in [1.82, 2.24) is 0 Å². The van der Waals surface area contributed by atoms with Gasteiger partial charge in [-0.1, -0.05) is 0 Å². The molecule has 0 aliphatic heterocycles. The third kappa shape index (κ3) is 8.09. The number of Topliss-reactive ketones (excluding diaryl/α,β-unsaturated/α-hetero) is 1. The molecule has 0 saturated carbocycles. The maximum absolute atomic E-state index is 11.8. The molecule has 0 atom stereocenters. The van der Waals surface area contributed by atoms with Crippen molar-refractivity contribution < 1.29 is 86.8 Å². The van der Waals surface area contributed by atoms with Crippen molar-refractivity contribution in [3.05, 3.63) is 71.8 Å². The first-order chi connectivity index (χ1) is 14.6. The molecule has 1 aliphatic carbocycles. The Bertz CT molecular complexity index is 1270. The van der Waals surface area contributed by atoms with Crippen LogP contribution >= 0.6 is 0 Å². The number of benzene rings is 2. The predicted octanol–water partition coefficient (Wildman–Crippen LogP) is -4.01. The number of hydrazone groups is 1. The number of hydrogen-bond acceptors (Lipinski definition) is 10. The van der Waals surface area contributed by atoms with Gasteiger partial charge in [0.2, 0.25) is 0 Å². The second kappa shape index (κ2) is 12.5. The van der Waals surface area contributed by atoms with Crippen LogP contribution in [-0.2, 0) is 19.7 Å². The van der Waals surface area contributed by atoms with Crippen LogP contribution in [0.15, 0.2) is 92.1 Å². The SMILES string of the molecule is CC1=C/C(=N/Nc2ccc(N=Nc3ccc(S(=O)(=O)[O-])cc3)cc2)C=C(C(=O)[O-])C1=O.[Na+].[Na+]. The van der Waals surface area contributed by atoms with E-state index in [0.717, 1.165) is 18.2 Å². The van der Waals surface area contributed by atoms with Gasteiger partial charge in [-0.15, -0.1) is 0 Å². The van der Waals surface area contributed by atoms with Gasteiger partial charge in [0, 0.05) is 5.57 Å². The number of aliphatic carboxylic acids is 1. The molecule has 3 rings (SSSR count). The zero-order valence-corrected chi connectivity index (χ0v) is 22.8. The van der Waals surface area contributed by atoms with Gasteiger partial charge in [-0.3, -0.25) is 10.2 Å². The minimum atomic E-state index is -4.51. The van der Waals surface area contributed by atoms with Crippen LogP contribution in [0.3, 0.4) is 0 Å². The van der Waals surface area contributed by atoms with E-state index in [9.17, 15) is 27.7 Å². The fourth-order valence-electron chi connectivity index (χ4n) is 2.50. The summed E-state index contributed by atoms with van der Waals surface area (Å²) in [6.07, 6.45) is 2.58. The topological polar surface area (TPSA) is 164 Å². The molecule has 33 heavy (non-hydrogen) atoms. The zero-order valence-electron chi connectivity index (χ0n) is 18.0. The molecule has 10 nitrogen and oxygen atoms in total. The molecular weight excluding hydrogens is 470 g/mol. The number of hydrogen-bond donors (Lipinski definition) is 1. The van der Waals surface area contributed by atoms with E-state index in [1.54, 1.807) is 24.3 Å². The number of nitrogens with one attached hydrogen (secondary N) is 1. The minimum Gasteiger partial charge on any atom is -0.744 e. The van der Waals surface area contributed by atoms with Crippen LogP contribution in [0.1, 0.15) is 6.92 Å². The molecule has 13 heteroatoms. The molecule has 0 saturated heterocycles. The summed E-state index contributed by atoms with van der Waals surface area (Å²) >= 11 is 0. The Morgan fingerprint density at radius 3 is 1.91 bits per heavy atom. The maximum atomic E-state index is 11.8. The van der Waals surface area contributed by atoms with E-state index >= 15 is 0 Å². The van der Waals surface area contributed by atoms with Gasteiger partial charge in [0.1, 0.15) is 10.1 Å². The quantitative estimate of drug-likeness (QED) is 0.109. The molecule has 0 amide bonds. The van der Waals surface area contributed by atoms with Gasteiger partial charge in [0.15, 0.2) is 5.78 Å². The summed E-state index contributed by atoms with van der Waals surface area (Å²) in [5, 5.41) is 23.1. The second-order valence-electron chi connectivity index (χ2n) is 6.35. The fourth-order valence-corrected chi connectivity index (χ4v) is 2.97. The molecule has 0 spiro atoms. The molecule has 1 aliphatic rings. The van der Waals surface area contributed by atoms with Crippen LogP contribution in [0.4, 0.5) is 17.1 Å². The smallest absolute Gasteiger partial charge is 0.744 e. The van der Waals surface area contributed by atoms with Gasteiger partial charge in [-0.05, 0) is 73.2 Å². The van der Waals surface area contributed by atoms with Crippen molar-refractivity contribution in [3.63, 3.8) is 0 Å². The van der Waals surface area contributed by atoms with Gasteiger partial charge >= 0.3 is 59.1 Å². The van der Waals surface area contributed by atoms with E-state index in [2.05, 4.69) is 20.8 Å². The predicted molar refractivity (Wildman–Crippen MR) is 108 cm³/mol. The van der Waals surface area contributed by atoms with E-state index in [4.69, 9.17) is 0 Å². The number of nitrogens with zero attached hydrogens (tertiary/aromatic N) is 3. The molecule has 0 aromatic heterocycles. The summed E-state index contributed by atoms with van der Waals surface area (Å²) < 4.78 is 32.7. The summed E-state index contributed by atoms with van der Waals surface area (Å²) in [4.78, 5) is 22.4. The first-order valence-corrected chi connectivity index (χ1v) is 10.1. The number of azo groups is 1. The molecular formula is C20H14N4Na2O6S. The number of allylic oxidation sites excluding steroid dienone is 3. The molecule has 0 heterocycles. The third-order valence-corrected chi connectivity index (χ3v) is 4.92. The van der Waals surface area contributed by atoms with Gasteiger partial charge in [0.25, 0.3) is 0 Å². The molecule has 0 fully saturated rings. The van der Waals surface area contributed by atoms with Crippen molar-refractivity contribution in [1.29, 1.82) is 0 Å². The average molecular weight is 484 g/mol. The maximum Gasteiger partial charge on any atom is 1.00 e. The number of carboxylic acid groups (broad SMARTS) is 1. The van der Waals surface area contributed by atoms with Crippen LogP contribution in [-0.4, -0.2) is 30.4 Å². The number of carbonyl (C=O) groups is 2. The molecule has 0 bridgehead atoms. The molecule has 1 N–H and O–H groups in total. The summed E-state index contributed by atoms with van der Waals surface area (Å²) in [6.45, 7) is 1.49. The van der Waals surface area contributed by atoms with Crippen LogP contribution in [0.5, 0.6) is 0 Å². The second-order valence-corrected chi connectivity index (χ2v) is 7.72. The molecule has 2 aromatic carbocycles. The van der Waals surface area contributed by atoms with Crippen LogP contribution in [0, 0.1) is 0 Å². The first kappa shape index (κ1) is 29.1. The van der Waals surface area contributed by atoms with E-state index in [1.807, 2.05) is 0 Å².